The third-order valence-corrected chi connectivity index (χ3v) is 4.98. The number of imidazole rings is 1. The number of aryl methyl sites for hydroxylation is 1. The van der Waals surface area contributed by atoms with Crippen LogP contribution in [0.1, 0.15) is 19.3 Å². The highest BCUT2D eigenvalue weighted by Crippen LogP contribution is 2.31. The lowest BCUT2D eigenvalue weighted by Crippen LogP contribution is -2.21. The Hall–Kier alpha value is -2.53. The molecule has 1 aromatic carbocycles. The second kappa shape index (κ2) is 7.79. The average molecular weight is 350 g/mol. The normalized spacial score (nSPS) is 14.8. The van der Waals surface area contributed by atoms with E-state index in [1.807, 2.05) is 18.5 Å². The first kappa shape index (κ1) is 16.9. The maximum atomic E-state index is 13.3. The molecule has 1 aliphatic heterocycles. The number of likely N-dealkylation sites (tertiary alicyclic amines) is 1. The van der Waals surface area contributed by atoms with Crippen molar-refractivity contribution in [3.8, 4) is 22.5 Å². The number of benzene rings is 1. The Morgan fingerprint density at radius 3 is 2.35 bits per heavy atom. The zero-order valence-corrected chi connectivity index (χ0v) is 14.8. The number of hydrogen-bond donors (Lipinski definition) is 0. The van der Waals surface area contributed by atoms with E-state index in [1.54, 1.807) is 24.5 Å². The first-order chi connectivity index (χ1) is 12.8. The summed E-state index contributed by atoms with van der Waals surface area (Å²) in [5.41, 5.74) is 3.97. The maximum absolute atomic E-state index is 13.3. The van der Waals surface area contributed by atoms with Crippen molar-refractivity contribution in [3.05, 3.63) is 60.9 Å². The van der Waals surface area contributed by atoms with E-state index < -0.39 is 0 Å². The summed E-state index contributed by atoms with van der Waals surface area (Å²) in [7, 11) is 0. The van der Waals surface area contributed by atoms with Gasteiger partial charge in [0.15, 0.2) is 0 Å². The van der Waals surface area contributed by atoms with Gasteiger partial charge in [-0.05, 0) is 75.3 Å². The number of aromatic nitrogens is 3. The minimum absolute atomic E-state index is 0.232. The van der Waals surface area contributed by atoms with Gasteiger partial charge < -0.3 is 9.47 Å². The SMILES string of the molecule is Fc1ccc(-c2ncn(CCCN3CCCC3)c2-c2ccncc2)cc1. The van der Waals surface area contributed by atoms with Crippen molar-refractivity contribution in [2.24, 2.45) is 0 Å². The third-order valence-electron chi connectivity index (χ3n) is 4.98. The molecule has 0 radical (unpaired) electrons. The van der Waals surface area contributed by atoms with Gasteiger partial charge in [0.1, 0.15) is 5.82 Å². The van der Waals surface area contributed by atoms with Gasteiger partial charge in [0.2, 0.25) is 0 Å². The summed E-state index contributed by atoms with van der Waals surface area (Å²) in [6, 6.07) is 10.5. The molecule has 26 heavy (non-hydrogen) atoms. The Kier molecular flexibility index (Phi) is 5.07. The lowest BCUT2D eigenvalue weighted by atomic mass is 10.1. The molecule has 4 rings (SSSR count). The van der Waals surface area contributed by atoms with Gasteiger partial charge in [-0.3, -0.25) is 4.98 Å². The van der Waals surface area contributed by atoms with E-state index in [-0.39, 0.29) is 5.82 Å². The molecule has 3 heterocycles. The van der Waals surface area contributed by atoms with Crippen LogP contribution in [0, 0.1) is 5.82 Å². The highest BCUT2D eigenvalue weighted by atomic mass is 19.1. The summed E-state index contributed by atoms with van der Waals surface area (Å²) in [6.45, 7) is 4.49. The standard InChI is InChI=1S/C21H23FN4/c22-19-6-4-17(5-7-19)20-21(18-8-10-23-11-9-18)26(16-24-20)15-3-14-25-12-1-2-13-25/h4-11,16H,1-3,12-15H2. The molecular formula is C21H23FN4. The van der Waals surface area contributed by atoms with Crippen molar-refractivity contribution in [1.82, 2.24) is 19.4 Å². The lowest BCUT2D eigenvalue weighted by molar-refractivity contribution is 0.325. The summed E-state index contributed by atoms with van der Waals surface area (Å²) in [5, 5.41) is 0. The summed E-state index contributed by atoms with van der Waals surface area (Å²) < 4.78 is 15.5. The molecule has 0 unspecified atom stereocenters. The topological polar surface area (TPSA) is 34.0 Å². The lowest BCUT2D eigenvalue weighted by Gasteiger charge is -2.15. The molecule has 5 heteroatoms. The molecule has 1 fully saturated rings. The second-order valence-corrected chi connectivity index (χ2v) is 6.78. The van der Waals surface area contributed by atoms with E-state index in [2.05, 4.69) is 19.4 Å². The molecular weight excluding hydrogens is 327 g/mol. The Labute approximate surface area is 153 Å². The smallest absolute Gasteiger partial charge is 0.123 e. The molecule has 134 valence electrons. The predicted molar refractivity (Wildman–Crippen MR) is 101 cm³/mol. The monoisotopic (exact) mass is 350 g/mol. The van der Waals surface area contributed by atoms with Crippen molar-refractivity contribution < 1.29 is 4.39 Å². The molecule has 0 spiro atoms. The van der Waals surface area contributed by atoms with E-state index in [4.69, 9.17) is 0 Å². The van der Waals surface area contributed by atoms with Crippen molar-refractivity contribution in [1.29, 1.82) is 0 Å². The van der Waals surface area contributed by atoms with E-state index in [1.165, 1.54) is 38.1 Å². The van der Waals surface area contributed by atoms with Gasteiger partial charge in [0.25, 0.3) is 0 Å². The molecule has 0 bridgehead atoms. The quantitative estimate of drug-likeness (QED) is 0.667. The first-order valence-electron chi connectivity index (χ1n) is 9.25. The Morgan fingerprint density at radius 2 is 1.62 bits per heavy atom. The summed E-state index contributed by atoms with van der Waals surface area (Å²) in [5.74, 6) is -0.232. The molecule has 0 amide bonds. The van der Waals surface area contributed by atoms with Gasteiger partial charge in [-0.25, -0.2) is 9.37 Å². The number of rotatable bonds is 6. The average Bonchev–Trinajstić information content (AvgIpc) is 3.33. The fraction of sp³-hybridized carbons (Fsp3) is 0.333. The van der Waals surface area contributed by atoms with Crippen molar-refractivity contribution in [2.75, 3.05) is 19.6 Å². The maximum Gasteiger partial charge on any atom is 0.123 e. The molecule has 3 aromatic rings. The number of pyridine rings is 1. The summed E-state index contributed by atoms with van der Waals surface area (Å²) >= 11 is 0. The zero-order chi connectivity index (χ0) is 17.8. The van der Waals surface area contributed by atoms with Gasteiger partial charge in [0.05, 0.1) is 17.7 Å². The molecule has 2 aromatic heterocycles. The van der Waals surface area contributed by atoms with Crippen LogP contribution in [0.2, 0.25) is 0 Å². The highest BCUT2D eigenvalue weighted by Gasteiger charge is 2.16. The van der Waals surface area contributed by atoms with Crippen LogP contribution < -0.4 is 0 Å². The molecule has 0 aliphatic carbocycles. The van der Waals surface area contributed by atoms with Crippen LogP contribution in [-0.2, 0) is 6.54 Å². The third kappa shape index (κ3) is 3.68. The van der Waals surface area contributed by atoms with E-state index in [9.17, 15) is 4.39 Å². The fourth-order valence-corrected chi connectivity index (χ4v) is 3.65. The van der Waals surface area contributed by atoms with Crippen LogP contribution in [0.25, 0.3) is 22.5 Å². The molecule has 4 nitrogen and oxygen atoms in total. The minimum Gasteiger partial charge on any atom is -0.330 e. The van der Waals surface area contributed by atoms with Crippen molar-refractivity contribution >= 4 is 0 Å². The van der Waals surface area contributed by atoms with Crippen LogP contribution in [-0.4, -0.2) is 39.1 Å². The van der Waals surface area contributed by atoms with Gasteiger partial charge in [0, 0.05) is 30.1 Å². The van der Waals surface area contributed by atoms with Crippen LogP contribution in [0.5, 0.6) is 0 Å². The Balaban J connectivity index is 1.62. The van der Waals surface area contributed by atoms with Crippen molar-refractivity contribution in [2.45, 2.75) is 25.8 Å². The molecule has 0 saturated carbocycles. The number of halogens is 1. The van der Waals surface area contributed by atoms with Gasteiger partial charge in [-0.15, -0.1) is 0 Å². The number of hydrogen-bond acceptors (Lipinski definition) is 3. The van der Waals surface area contributed by atoms with Gasteiger partial charge >= 0.3 is 0 Å². The Morgan fingerprint density at radius 1 is 0.885 bits per heavy atom. The van der Waals surface area contributed by atoms with E-state index in [0.717, 1.165) is 42.0 Å². The van der Waals surface area contributed by atoms with Crippen molar-refractivity contribution in [3.63, 3.8) is 0 Å². The molecule has 1 aliphatic rings. The van der Waals surface area contributed by atoms with Crippen LogP contribution in [0.4, 0.5) is 4.39 Å². The molecule has 0 N–H and O–H groups in total. The van der Waals surface area contributed by atoms with Crippen LogP contribution in [0.15, 0.2) is 55.1 Å². The first-order valence-corrected chi connectivity index (χ1v) is 9.25. The van der Waals surface area contributed by atoms with Gasteiger partial charge in [-0.2, -0.15) is 0 Å². The zero-order valence-electron chi connectivity index (χ0n) is 14.8. The van der Waals surface area contributed by atoms with E-state index >= 15 is 0 Å². The second-order valence-electron chi connectivity index (χ2n) is 6.78. The predicted octanol–water partition coefficient (Wildman–Crippen LogP) is 4.24. The largest absolute Gasteiger partial charge is 0.330 e. The van der Waals surface area contributed by atoms with Crippen LogP contribution >= 0.6 is 0 Å². The highest BCUT2D eigenvalue weighted by molar-refractivity contribution is 5.78. The minimum atomic E-state index is -0.232. The van der Waals surface area contributed by atoms with Gasteiger partial charge in [-0.1, -0.05) is 0 Å². The summed E-state index contributed by atoms with van der Waals surface area (Å²) in [4.78, 5) is 11.3. The van der Waals surface area contributed by atoms with Crippen LogP contribution in [0.3, 0.4) is 0 Å². The Bertz CT molecular complexity index is 836. The van der Waals surface area contributed by atoms with E-state index in [0.29, 0.717) is 0 Å². The number of nitrogens with zero attached hydrogens (tertiary/aromatic N) is 4. The fourth-order valence-electron chi connectivity index (χ4n) is 3.65. The molecule has 1 saturated heterocycles. The molecule has 0 atom stereocenters. The summed E-state index contributed by atoms with van der Waals surface area (Å²) in [6.07, 6.45) is 9.23.